The molecular weight excluding hydrogens is 255 g/mol. The number of nitrogens with zero attached hydrogens (tertiary/aromatic N) is 2. The van der Waals surface area contributed by atoms with Crippen LogP contribution >= 0.6 is 23.2 Å². The third-order valence-corrected chi connectivity index (χ3v) is 4.20. The Morgan fingerprint density at radius 2 is 1.71 bits per heavy atom. The van der Waals surface area contributed by atoms with E-state index in [4.69, 9.17) is 23.2 Å². The van der Waals surface area contributed by atoms with E-state index in [1.165, 1.54) is 0 Å². The van der Waals surface area contributed by atoms with Crippen molar-refractivity contribution in [2.24, 2.45) is 0 Å². The quantitative estimate of drug-likeness (QED) is 0.834. The predicted octanol–water partition coefficient (Wildman–Crippen LogP) is 3.13. The second kappa shape index (κ2) is 6.05. The lowest BCUT2D eigenvalue weighted by Crippen LogP contribution is -2.45. The van der Waals surface area contributed by atoms with E-state index in [0.29, 0.717) is 10.0 Å². The third kappa shape index (κ3) is 3.35. The fourth-order valence-electron chi connectivity index (χ4n) is 2.18. The maximum Gasteiger partial charge on any atom is 0.0637 e. The normalized spacial score (nSPS) is 18.5. The summed E-state index contributed by atoms with van der Waals surface area (Å²) in [6.07, 6.45) is 0. The van der Waals surface area contributed by atoms with E-state index < -0.39 is 0 Å². The predicted molar refractivity (Wildman–Crippen MR) is 73.9 cm³/mol. The van der Waals surface area contributed by atoms with Crippen LogP contribution < -0.4 is 0 Å². The highest BCUT2D eigenvalue weighted by atomic mass is 35.5. The highest BCUT2D eigenvalue weighted by Gasteiger charge is 2.16. The fourth-order valence-corrected chi connectivity index (χ4v) is 2.55. The second-order valence-corrected chi connectivity index (χ2v) is 5.21. The zero-order valence-electron chi connectivity index (χ0n) is 10.1. The van der Waals surface area contributed by atoms with E-state index >= 15 is 0 Å². The molecule has 1 aromatic carbocycles. The van der Waals surface area contributed by atoms with Gasteiger partial charge in [0.15, 0.2) is 0 Å². The van der Waals surface area contributed by atoms with Crippen molar-refractivity contribution in [3.63, 3.8) is 0 Å². The average molecular weight is 273 g/mol. The molecule has 0 amide bonds. The molecule has 0 atom stereocenters. The zero-order valence-corrected chi connectivity index (χ0v) is 11.6. The molecule has 1 fully saturated rings. The first-order valence-corrected chi connectivity index (χ1v) is 6.84. The van der Waals surface area contributed by atoms with E-state index in [-0.39, 0.29) is 0 Å². The standard InChI is InChI=1S/C13H18Cl2N2/c1-2-16-6-8-17(9-7-16)10-11-4-3-5-12(14)13(11)15/h3-5H,2,6-10H2,1H3. The van der Waals surface area contributed by atoms with Crippen LogP contribution in [0.15, 0.2) is 18.2 Å². The van der Waals surface area contributed by atoms with Crippen molar-refractivity contribution < 1.29 is 0 Å². The van der Waals surface area contributed by atoms with Crippen LogP contribution in [0.2, 0.25) is 10.0 Å². The van der Waals surface area contributed by atoms with Crippen LogP contribution in [0.4, 0.5) is 0 Å². The number of hydrogen-bond acceptors (Lipinski definition) is 2. The summed E-state index contributed by atoms with van der Waals surface area (Å²) in [5.74, 6) is 0. The molecule has 0 aromatic heterocycles. The Kier molecular flexibility index (Phi) is 4.69. The summed E-state index contributed by atoms with van der Waals surface area (Å²) in [6, 6.07) is 5.86. The van der Waals surface area contributed by atoms with Gasteiger partial charge in [-0.15, -0.1) is 0 Å². The summed E-state index contributed by atoms with van der Waals surface area (Å²) in [6.45, 7) is 8.77. The van der Waals surface area contributed by atoms with Gasteiger partial charge in [-0.05, 0) is 18.2 Å². The highest BCUT2D eigenvalue weighted by molar-refractivity contribution is 6.42. The largest absolute Gasteiger partial charge is 0.301 e. The number of likely N-dealkylation sites (N-methyl/N-ethyl adjacent to an activating group) is 1. The fraction of sp³-hybridized carbons (Fsp3) is 0.538. The first-order chi connectivity index (χ1) is 8.20. The van der Waals surface area contributed by atoms with Crippen LogP contribution in [0.5, 0.6) is 0 Å². The van der Waals surface area contributed by atoms with E-state index in [9.17, 15) is 0 Å². The minimum Gasteiger partial charge on any atom is -0.301 e. The van der Waals surface area contributed by atoms with Gasteiger partial charge in [-0.2, -0.15) is 0 Å². The van der Waals surface area contributed by atoms with Crippen LogP contribution in [0.3, 0.4) is 0 Å². The minimum absolute atomic E-state index is 0.649. The second-order valence-electron chi connectivity index (χ2n) is 4.42. The lowest BCUT2D eigenvalue weighted by Gasteiger charge is -2.34. The summed E-state index contributed by atoms with van der Waals surface area (Å²) in [7, 11) is 0. The summed E-state index contributed by atoms with van der Waals surface area (Å²) in [5.41, 5.74) is 1.13. The molecule has 1 saturated heterocycles. The number of halogens is 2. The van der Waals surface area contributed by atoms with E-state index in [2.05, 4.69) is 22.8 Å². The van der Waals surface area contributed by atoms with E-state index in [1.54, 1.807) is 0 Å². The van der Waals surface area contributed by atoms with Crippen molar-refractivity contribution in [2.75, 3.05) is 32.7 Å². The first kappa shape index (κ1) is 13.2. The maximum absolute atomic E-state index is 6.20. The molecule has 0 aliphatic carbocycles. The van der Waals surface area contributed by atoms with Crippen LogP contribution in [0, 0.1) is 0 Å². The highest BCUT2D eigenvalue weighted by Crippen LogP contribution is 2.26. The number of benzene rings is 1. The number of piperazine rings is 1. The topological polar surface area (TPSA) is 6.48 Å². The Morgan fingerprint density at radius 3 is 2.35 bits per heavy atom. The molecular formula is C13H18Cl2N2. The smallest absolute Gasteiger partial charge is 0.0637 e. The Morgan fingerprint density at radius 1 is 1.06 bits per heavy atom. The Hall–Kier alpha value is -0.280. The molecule has 0 bridgehead atoms. The monoisotopic (exact) mass is 272 g/mol. The molecule has 0 radical (unpaired) electrons. The van der Waals surface area contributed by atoms with Gasteiger partial charge < -0.3 is 4.90 Å². The Balaban J connectivity index is 1.95. The molecule has 0 spiro atoms. The summed E-state index contributed by atoms with van der Waals surface area (Å²) in [5, 5.41) is 1.35. The molecule has 2 rings (SSSR count). The van der Waals surface area contributed by atoms with Gasteiger partial charge in [0.05, 0.1) is 10.0 Å². The molecule has 1 heterocycles. The van der Waals surface area contributed by atoms with Gasteiger partial charge in [-0.25, -0.2) is 0 Å². The van der Waals surface area contributed by atoms with Gasteiger partial charge in [0.2, 0.25) is 0 Å². The molecule has 1 aromatic rings. The van der Waals surface area contributed by atoms with Gasteiger partial charge in [-0.3, -0.25) is 4.90 Å². The van der Waals surface area contributed by atoms with Gasteiger partial charge in [0, 0.05) is 32.7 Å². The summed E-state index contributed by atoms with van der Waals surface area (Å²) in [4.78, 5) is 4.90. The van der Waals surface area contributed by atoms with Crippen LogP contribution in [0.25, 0.3) is 0 Å². The van der Waals surface area contributed by atoms with Crippen molar-refractivity contribution in [1.82, 2.24) is 9.80 Å². The van der Waals surface area contributed by atoms with Crippen LogP contribution in [-0.2, 0) is 6.54 Å². The molecule has 1 aliphatic rings. The molecule has 0 unspecified atom stereocenters. The average Bonchev–Trinajstić information content (AvgIpc) is 2.36. The van der Waals surface area contributed by atoms with Gasteiger partial charge in [-0.1, -0.05) is 42.3 Å². The van der Waals surface area contributed by atoms with Crippen LogP contribution in [0.1, 0.15) is 12.5 Å². The lowest BCUT2D eigenvalue weighted by molar-refractivity contribution is 0.132. The van der Waals surface area contributed by atoms with Gasteiger partial charge >= 0.3 is 0 Å². The Bertz CT molecular complexity index is 374. The molecule has 4 heteroatoms. The minimum atomic E-state index is 0.649. The first-order valence-electron chi connectivity index (χ1n) is 6.08. The molecule has 2 nitrogen and oxygen atoms in total. The Labute approximate surface area is 113 Å². The molecule has 0 saturated carbocycles. The molecule has 1 aliphatic heterocycles. The third-order valence-electron chi connectivity index (χ3n) is 3.34. The molecule has 17 heavy (non-hydrogen) atoms. The SMILES string of the molecule is CCN1CCN(Cc2cccc(Cl)c2Cl)CC1. The van der Waals surface area contributed by atoms with Crippen molar-refractivity contribution in [3.05, 3.63) is 33.8 Å². The van der Waals surface area contributed by atoms with Crippen molar-refractivity contribution in [3.8, 4) is 0 Å². The summed E-state index contributed by atoms with van der Waals surface area (Å²) >= 11 is 12.2. The van der Waals surface area contributed by atoms with Crippen molar-refractivity contribution >= 4 is 23.2 Å². The van der Waals surface area contributed by atoms with Gasteiger partial charge in [0.25, 0.3) is 0 Å². The maximum atomic E-state index is 6.20. The van der Waals surface area contributed by atoms with E-state index in [0.717, 1.165) is 44.8 Å². The van der Waals surface area contributed by atoms with Crippen LogP contribution in [-0.4, -0.2) is 42.5 Å². The molecule has 94 valence electrons. The number of hydrogen-bond donors (Lipinski definition) is 0. The zero-order chi connectivity index (χ0) is 12.3. The van der Waals surface area contributed by atoms with E-state index in [1.807, 2.05) is 12.1 Å². The lowest BCUT2D eigenvalue weighted by atomic mass is 10.2. The number of rotatable bonds is 3. The van der Waals surface area contributed by atoms with Gasteiger partial charge in [0.1, 0.15) is 0 Å². The molecule has 0 N–H and O–H groups in total. The summed E-state index contributed by atoms with van der Waals surface area (Å²) < 4.78 is 0. The van der Waals surface area contributed by atoms with Crippen molar-refractivity contribution in [1.29, 1.82) is 0 Å². The van der Waals surface area contributed by atoms with Crippen molar-refractivity contribution in [2.45, 2.75) is 13.5 Å².